The van der Waals surface area contributed by atoms with E-state index < -0.39 is 6.10 Å². The average Bonchev–Trinajstić information content (AvgIpc) is 3.03. The summed E-state index contributed by atoms with van der Waals surface area (Å²) in [4.78, 5) is 26.6. The standard InChI is InChI=1S/C22H27NO4S/c1-4-17(27-15-9-7-6-8-10-15)20(24)23-21-19(22(25)26-5-2)16-12-11-14(3)13-18(16)28-21/h6-10,14,17H,4-5,11-13H2,1-3H3,(H,23,24)/t14-,17-/m1/s1. The fourth-order valence-electron chi connectivity index (χ4n) is 3.44. The van der Waals surface area contributed by atoms with E-state index >= 15 is 0 Å². The van der Waals surface area contributed by atoms with Crippen LogP contribution >= 0.6 is 11.3 Å². The second-order valence-corrected chi connectivity index (χ2v) is 8.20. The van der Waals surface area contributed by atoms with Crippen LogP contribution in [0.15, 0.2) is 30.3 Å². The third-order valence-electron chi connectivity index (χ3n) is 4.91. The molecular formula is C22H27NO4S. The van der Waals surface area contributed by atoms with Gasteiger partial charge in [0, 0.05) is 4.88 Å². The van der Waals surface area contributed by atoms with Gasteiger partial charge in [-0.2, -0.15) is 0 Å². The number of carbonyl (C=O) groups is 2. The minimum Gasteiger partial charge on any atom is -0.481 e. The Kier molecular flexibility index (Phi) is 6.73. The van der Waals surface area contributed by atoms with Crippen LogP contribution in [0, 0.1) is 5.92 Å². The zero-order valence-corrected chi connectivity index (χ0v) is 17.4. The molecule has 1 aliphatic rings. The number of hydrogen-bond donors (Lipinski definition) is 1. The quantitative estimate of drug-likeness (QED) is 0.674. The summed E-state index contributed by atoms with van der Waals surface area (Å²) in [7, 11) is 0. The van der Waals surface area contributed by atoms with Crippen molar-refractivity contribution in [1.82, 2.24) is 0 Å². The molecule has 1 heterocycles. The summed E-state index contributed by atoms with van der Waals surface area (Å²) in [6.45, 7) is 6.21. The lowest BCUT2D eigenvalue weighted by Gasteiger charge is -2.18. The number of anilines is 1. The molecule has 0 bridgehead atoms. The molecule has 0 saturated heterocycles. The van der Waals surface area contributed by atoms with Gasteiger partial charge in [-0.1, -0.05) is 32.0 Å². The van der Waals surface area contributed by atoms with Crippen molar-refractivity contribution in [3.05, 3.63) is 46.3 Å². The van der Waals surface area contributed by atoms with Gasteiger partial charge in [0.1, 0.15) is 10.8 Å². The molecule has 1 amide bonds. The van der Waals surface area contributed by atoms with Crippen LogP contribution in [-0.4, -0.2) is 24.6 Å². The number of nitrogens with one attached hydrogen (secondary N) is 1. The number of esters is 1. The molecule has 0 radical (unpaired) electrons. The second kappa shape index (κ2) is 9.24. The fourth-order valence-corrected chi connectivity index (χ4v) is 4.84. The lowest BCUT2D eigenvalue weighted by atomic mass is 9.88. The van der Waals surface area contributed by atoms with Crippen LogP contribution in [0.25, 0.3) is 0 Å². The highest BCUT2D eigenvalue weighted by Crippen LogP contribution is 2.40. The van der Waals surface area contributed by atoms with Crippen LogP contribution < -0.4 is 10.1 Å². The highest BCUT2D eigenvalue weighted by Gasteiger charge is 2.30. The van der Waals surface area contributed by atoms with Gasteiger partial charge in [-0.3, -0.25) is 4.79 Å². The maximum absolute atomic E-state index is 12.9. The van der Waals surface area contributed by atoms with Crippen molar-refractivity contribution in [1.29, 1.82) is 0 Å². The topological polar surface area (TPSA) is 64.6 Å². The Morgan fingerprint density at radius 1 is 1.25 bits per heavy atom. The van der Waals surface area contributed by atoms with Crippen molar-refractivity contribution in [2.24, 2.45) is 5.92 Å². The Hall–Kier alpha value is -2.34. The molecule has 28 heavy (non-hydrogen) atoms. The van der Waals surface area contributed by atoms with Gasteiger partial charge in [-0.15, -0.1) is 11.3 Å². The molecule has 1 aromatic carbocycles. The van der Waals surface area contributed by atoms with Gasteiger partial charge in [-0.05, 0) is 56.2 Å². The molecule has 1 aliphatic carbocycles. The lowest BCUT2D eigenvalue weighted by molar-refractivity contribution is -0.122. The first-order valence-electron chi connectivity index (χ1n) is 9.87. The van der Waals surface area contributed by atoms with E-state index in [4.69, 9.17) is 9.47 Å². The number of hydrogen-bond acceptors (Lipinski definition) is 5. The number of benzene rings is 1. The minimum atomic E-state index is -0.629. The van der Waals surface area contributed by atoms with Crippen LogP contribution in [0.4, 0.5) is 5.00 Å². The Labute approximate surface area is 170 Å². The smallest absolute Gasteiger partial charge is 0.341 e. The van der Waals surface area contributed by atoms with E-state index in [1.54, 1.807) is 6.92 Å². The summed E-state index contributed by atoms with van der Waals surface area (Å²) < 4.78 is 11.1. The first-order chi connectivity index (χ1) is 13.5. The van der Waals surface area contributed by atoms with Gasteiger partial charge in [0.2, 0.25) is 0 Å². The summed E-state index contributed by atoms with van der Waals surface area (Å²) in [6, 6.07) is 9.29. The van der Waals surface area contributed by atoms with Gasteiger partial charge in [0.05, 0.1) is 12.2 Å². The normalized spacial score (nSPS) is 16.8. The SMILES string of the molecule is CCOC(=O)c1c(NC(=O)[C@@H](CC)Oc2ccccc2)sc2c1CC[C@@H](C)C2. The first-order valence-corrected chi connectivity index (χ1v) is 10.7. The van der Waals surface area contributed by atoms with Crippen LogP contribution in [0.5, 0.6) is 5.75 Å². The summed E-state index contributed by atoms with van der Waals surface area (Å²) >= 11 is 1.49. The second-order valence-electron chi connectivity index (χ2n) is 7.09. The lowest BCUT2D eigenvalue weighted by Crippen LogP contribution is -2.32. The van der Waals surface area contributed by atoms with E-state index in [0.29, 0.717) is 35.3 Å². The minimum absolute atomic E-state index is 0.247. The number of rotatable bonds is 7. The molecular weight excluding hydrogens is 374 g/mol. The number of ether oxygens (including phenoxy) is 2. The zero-order valence-electron chi connectivity index (χ0n) is 16.6. The van der Waals surface area contributed by atoms with Gasteiger partial charge < -0.3 is 14.8 Å². The van der Waals surface area contributed by atoms with Crippen molar-refractivity contribution >= 4 is 28.2 Å². The zero-order chi connectivity index (χ0) is 20.1. The van der Waals surface area contributed by atoms with Gasteiger partial charge in [-0.25, -0.2) is 4.79 Å². The van der Waals surface area contributed by atoms with Gasteiger partial charge in [0.25, 0.3) is 5.91 Å². The summed E-state index contributed by atoms with van der Waals surface area (Å²) in [6.07, 6.45) is 2.71. The van der Waals surface area contributed by atoms with Crippen molar-refractivity contribution in [2.75, 3.05) is 11.9 Å². The third kappa shape index (κ3) is 4.55. The monoisotopic (exact) mass is 401 g/mol. The van der Waals surface area contributed by atoms with E-state index in [9.17, 15) is 9.59 Å². The van der Waals surface area contributed by atoms with E-state index in [-0.39, 0.29) is 11.9 Å². The van der Waals surface area contributed by atoms with Crippen LogP contribution in [0.3, 0.4) is 0 Å². The predicted octanol–water partition coefficient (Wildman–Crippen LogP) is 4.85. The highest BCUT2D eigenvalue weighted by atomic mass is 32.1. The number of thiophene rings is 1. The van der Waals surface area contributed by atoms with Crippen molar-refractivity contribution < 1.29 is 19.1 Å². The summed E-state index contributed by atoms with van der Waals surface area (Å²) in [5, 5.41) is 3.53. The van der Waals surface area contributed by atoms with E-state index in [0.717, 1.165) is 24.8 Å². The Morgan fingerprint density at radius 2 is 2.00 bits per heavy atom. The first kappa shape index (κ1) is 20.4. The molecule has 5 nitrogen and oxygen atoms in total. The largest absolute Gasteiger partial charge is 0.481 e. The third-order valence-corrected chi connectivity index (χ3v) is 6.08. The number of carbonyl (C=O) groups excluding carboxylic acids is 2. The molecule has 0 unspecified atom stereocenters. The molecule has 1 N–H and O–H groups in total. The Balaban J connectivity index is 1.83. The van der Waals surface area contributed by atoms with Crippen molar-refractivity contribution in [3.63, 3.8) is 0 Å². The number of fused-ring (bicyclic) bond motifs is 1. The van der Waals surface area contributed by atoms with E-state index in [2.05, 4.69) is 12.2 Å². The molecule has 0 saturated carbocycles. The molecule has 6 heteroatoms. The molecule has 1 aromatic heterocycles. The van der Waals surface area contributed by atoms with Gasteiger partial charge in [0.15, 0.2) is 6.10 Å². The molecule has 0 fully saturated rings. The molecule has 0 aliphatic heterocycles. The van der Waals surface area contributed by atoms with Crippen LogP contribution in [-0.2, 0) is 22.4 Å². The fraction of sp³-hybridized carbons (Fsp3) is 0.455. The predicted molar refractivity (Wildman–Crippen MR) is 111 cm³/mol. The summed E-state index contributed by atoms with van der Waals surface area (Å²) in [5.41, 5.74) is 1.56. The van der Waals surface area contributed by atoms with E-state index in [1.807, 2.05) is 37.3 Å². The maximum atomic E-state index is 12.9. The summed E-state index contributed by atoms with van der Waals surface area (Å²) in [5.74, 6) is 0.620. The van der Waals surface area contributed by atoms with Crippen LogP contribution in [0.2, 0.25) is 0 Å². The van der Waals surface area contributed by atoms with Gasteiger partial charge >= 0.3 is 5.97 Å². The maximum Gasteiger partial charge on any atom is 0.341 e. The molecule has 0 spiro atoms. The van der Waals surface area contributed by atoms with Crippen molar-refractivity contribution in [2.45, 2.75) is 52.6 Å². The molecule has 3 rings (SSSR count). The Morgan fingerprint density at radius 3 is 2.68 bits per heavy atom. The molecule has 2 atom stereocenters. The average molecular weight is 402 g/mol. The number of para-hydroxylation sites is 1. The Bertz CT molecular complexity index is 831. The van der Waals surface area contributed by atoms with E-state index in [1.165, 1.54) is 16.2 Å². The highest BCUT2D eigenvalue weighted by molar-refractivity contribution is 7.17. The van der Waals surface area contributed by atoms with Crippen LogP contribution in [0.1, 0.15) is 54.4 Å². The molecule has 2 aromatic rings. The van der Waals surface area contributed by atoms with Crippen molar-refractivity contribution in [3.8, 4) is 5.75 Å². The number of amides is 1. The molecule has 150 valence electrons.